The molecule has 1 N–H and O–H groups in total. The number of nitrogens with one attached hydrogen (secondary N) is 1. The zero-order chi connectivity index (χ0) is 15.8. The molecule has 1 nitrogen and oxygen atoms in total. The van der Waals surface area contributed by atoms with E-state index in [1.54, 1.807) is 0 Å². The zero-order valence-corrected chi connectivity index (χ0v) is 14.2. The molecule has 23 heavy (non-hydrogen) atoms. The van der Waals surface area contributed by atoms with E-state index in [2.05, 4.69) is 85.6 Å². The summed E-state index contributed by atoms with van der Waals surface area (Å²) in [6.07, 6.45) is 0. The van der Waals surface area contributed by atoms with E-state index in [9.17, 15) is 0 Å². The monoisotopic (exact) mass is 317 g/mol. The number of para-hydroxylation sites is 1. The van der Waals surface area contributed by atoms with Crippen LogP contribution in [0, 0.1) is 13.8 Å². The number of aryl methyl sites for hydroxylation is 2. The van der Waals surface area contributed by atoms with Crippen molar-refractivity contribution >= 4 is 22.2 Å². The predicted octanol–water partition coefficient (Wildman–Crippen LogP) is 6.03. The summed E-state index contributed by atoms with van der Waals surface area (Å²) in [6.45, 7) is 4.37. The average molecular weight is 317 g/mol. The summed E-state index contributed by atoms with van der Waals surface area (Å²) in [6, 6.07) is 23.9. The maximum atomic E-state index is 3.56. The molecular formula is C21H19NS. The van der Waals surface area contributed by atoms with Crippen LogP contribution in [0.1, 0.15) is 32.5 Å². The van der Waals surface area contributed by atoms with Gasteiger partial charge in [-0.1, -0.05) is 48.5 Å². The fraction of sp³-hybridized carbons (Fsp3) is 0.143. The Labute approximate surface area is 140 Å². The van der Waals surface area contributed by atoms with Gasteiger partial charge in [-0.25, -0.2) is 0 Å². The molecule has 0 bridgehead atoms. The maximum absolute atomic E-state index is 3.56. The van der Waals surface area contributed by atoms with Crippen molar-refractivity contribution in [1.29, 1.82) is 0 Å². The Hall–Kier alpha value is -2.32. The molecular weight excluding hydrogens is 298 g/mol. The van der Waals surface area contributed by atoms with Crippen molar-refractivity contribution in [2.75, 3.05) is 0 Å². The standard InChI is InChI=1S/C21H19NS/c1-14-12-13-19(23-14)21(16-8-4-3-5-9-16)20-15(2)22-18-11-7-6-10-17(18)20/h3-13,21-22H,1-2H3/t21-/m0/s1. The van der Waals surface area contributed by atoms with Crippen LogP contribution >= 0.6 is 11.3 Å². The third kappa shape index (κ3) is 2.49. The van der Waals surface area contributed by atoms with Gasteiger partial charge in [0.2, 0.25) is 0 Å². The van der Waals surface area contributed by atoms with Crippen LogP contribution < -0.4 is 0 Å². The van der Waals surface area contributed by atoms with Crippen LogP contribution in [0.15, 0.2) is 66.7 Å². The number of fused-ring (bicyclic) bond motifs is 1. The molecule has 2 heteroatoms. The van der Waals surface area contributed by atoms with Crippen LogP contribution in [0.4, 0.5) is 0 Å². The van der Waals surface area contributed by atoms with Crippen molar-refractivity contribution in [2.45, 2.75) is 19.8 Å². The Kier molecular flexibility index (Phi) is 3.55. The Morgan fingerprint density at radius 3 is 2.30 bits per heavy atom. The van der Waals surface area contributed by atoms with Gasteiger partial charge in [0.25, 0.3) is 0 Å². The van der Waals surface area contributed by atoms with Crippen LogP contribution in [0.2, 0.25) is 0 Å². The number of hydrogen-bond acceptors (Lipinski definition) is 1. The Bertz CT molecular complexity index is 946. The van der Waals surface area contributed by atoms with E-state index >= 15 is 0 Å². The smallest absolute Gasteiger partial charge is 0.0459 e. The number of hydrogen-bond donors (Lipinski definition) is 1. The molecule has 0 amide bonds. The number of aromatic amines is 1. The first-order valence-electron chi connectivity index (χ1n) is 7.92. The molecule has 0 saturated carbocycles. The summed E-state index contributed by atoms with van der Waals surface area (Å²) in [4.78, 5) is 6.32. The Balaban J connectivity index is 2.00. The normalized spacial score (nSPS) is 12.6. The molecule has 0 aliphatic rings. The molecule has 0 aliphatic carbocycles. The highest BCUT2D eigenvalue weighted by atomic mass is 32.1. The second-order valence-corrected chi connectivity index (χ2v) is 7.32. The lowest BCUT2D eigenvalue weighted by atomic mass is 9.88. The average Bonchev–Trinajstić information content (AvgIpc) is 3.13. The Morgan fingerprint density at radius 1 is 0.826 bits per heavy atom. The van der Waals surface area contributed by atoms with E-state index in [1.807, 2.05) is 11.3 Å². The second kappa shape index (κ2) is 5.71. The van der Waals surface area contributed by atoms with E-state index in [0.29, 0.717) is 0 Å². The van der Waals surface area contributed by atoms with Crippen molar-refractivity contribution in [3.8, 4) is 0 Å². The Morgan fingerprint density at radius 2 is 1.57 bits per heavy atom. The van der Waals surface area contributed by atoms with Crippen LogP contribution in [0.3, 0.4) is 0 Å². The van der Waals surface area contributed by atoms with E-state index in [4.69, 9.17) is 0 Å². The van der Waals surface area contributed by atoms with Crippen LogP contribution in [0.25, 0.3) is 10.9 Å². The van der Waals surface area contributed by atoms with Gasteiger partial charge in [-0.05, 0) is 43.2 Å². The predicted molar refractivity (Wildman–Crippen MR) is 99.5 cm³/mol. The summed E-state index contributed by atoms with van der Waals surface area (Å²) >= 11 is 1.89. The van der Waals surface area contributed by atoms with E-state index in [1.165, 1.54) is 37.5 Å². The molecule has 2 aromatic carbocycles. The van der Waals surface area contributed by atoms with Crippen molar-refractivity contribution in [1.82, 2.24) is 4.98 Å². The first-order chi connectivity index (χ1) is 11.2. The van der Waals surface area contributed by atoms with Gasteiger partial charge in [-0.15, -0.1) is 11.3 Å². The third-order valence-electron chi connectivity index (χ3n) is 4.41. The number of rotatable bonds is 3. The molecule has 0 radical (unpaired) electrons. The lowest BCUT2D eigenvalue weighted by molar-refractivity contribution is 0.994. The number of H-pyrrole nitrogens is 1. The SMILES string of the molecule is Cc1ccc([C@H](c2ccccc2)c2c(C)[nH]c3ccccc23)s1. The number of thiophene rings is 1. The molecule has 0 spiro atoms. The molecule has 1 atom stereocenters. The zero-order valence-electron chi connectivity index (χ0n) is 13.3. The van der Waals surface area contributed by atoms with Gasteiger partial charge >= 0.3 is 0 Å². The quantitative estimate of drug-likeness (QED) is 0.475. The largest absolute Gasteiger partial charge is 0.358 e. The third-order valence-corrected chi connectivity index (χ3v) is 5.48. The van der Waals surface area contributed by atoms with Gasteiger partial charge in [-0.3, -0.25) is 0 Å². The molecule has 4 rings (SSSR count). The number of aromatic nitrogens is 1. The van der Waals surface area contributed by atoms with E-state index in [0.717, 1.165) is 0 Å². The number of benzene rings is 2. The molecule has 2 aromatic heterocycles. The van der Waals surface area contributed by atoms with Crippen LogP contribution in [0.5, 0.6) is 0 Å². The fourth-order valence-corrected chi connectivity index (χ4v) is 4.41. The van der Waals surface area contributed by atoms with Gasteiger partial charge < -0.3 is 4.98 Å². The van der Waals surface area contributed by atoms with Crippen molar-refractivity contribution in [3.63, 3.8) is 0 Å². The van der Waals surface area contributed by atoms with Crippen LogP contribution in [-0.2, 0) is 0 Å². The fourth-order valence-electron chi connectivity index (χ4n) is 3.40. The van der Waals surface area contributed by atoms with E-state index < -0.39 is 0 Å². The molecule has 0 aliphatic heterocycles. The van der Waals surface area contributed by atoms with Gasteiger partial charge in [0.15, 0.2) is 0 Å². The summed E-state index contributed by atoms with van der Waals surface area (Å²) in [7, 11) is 0. The molecule has 114 valence electrons. The minimum absolute atomic E-state index is 0.283. The lowest BCUT2D eigenvalue weighted by Gasteiger charge is -2.17. The minimum atomic E-state index is 0.283. The maximum Gasteiger partial charge on any atom is 0.0459 e. The highest BCUT2D eigenvalue weighted by molar-refractivity contribution is 7.12. The molecule has 2 heterocycles. The molecule has 0 fully saturated rings. The van der Waals surface area contributed by atoms with E-state index in [-0.39, 0.29) is 5.92 Å². The van der Waals surface area contributed by atoms with Crippen molar-refractivity contribution < 1.29 is 0 Å². The molecule has 4 aromatic rings. The minimum Gasteiger partial charge on any atom is -0.358 e. The van der Waals surface area contributed by atoms with Gasteiger partial charge in [0, 0.05) is 32.3 Å². The lowest BCUT2D eigenvalue weighted by Crippen LogP contribution is -2.02. The van der Waals surface area contributed by atoms with Crippen LogP contribution in [-0.4, -0.2) is 4.98 Å². The molecule has 0 unspecified atom stereocenters. The van der Waals surface area contributed by atoms with Gasteiger partial charge in [-0.2, -0.15) is 0 Å². The first-order valence-corrected chi connectivity index (χ1v) is 8.74. The summed E-state index contributed by atoms with van der Waals surface area (Å²) in [5.41, 5.74) is 5.22. The summed E-state index contributed by atoms with van der Waals surface area (Å²) in [5, 5.41) is 1.32. The summed E-state index contributed by atoms with van der Waals surface area (Å²) < 4.78 is 0. The van der Waals surface area contributed by atoms with Crippen molar-refractivity contribution in [3.05, 3.63) is 93.3 Å². The highest BCUT2D eigenvalue weighted by Gasteiger charge is 2.23. The second-order valence-electron chi connectivity index (χ2n) is 6.00. The van der Waals surface area contributed by atoms with Gasteiger partial charge in [0.05, 0.1) is 0 Å². The first kappa shape index (κ1) is 14.3. The highest BCUT2D eigenvalue weighted by Crippen LogP contribution is 2.40. The van der Waals surface area contributed by atoms with Crippen molar-refractivity contribution in [2.24, 2.45) is 0 Å². The van der Waals surface area contributed by atoms with Gasteiger partial charge in [0.1, 0.15) is 0 Å². The topological polar surface area (TPSA) is 15.8 Å². The summed E-state index contributed by atoms with van der Waals surface area (Å²) in [5.74, 6) is 0.283. The molecule has 0 saturated heterocycles.